The van der Waals surface area contributed by atoms with Gasteiger partial charge < -0.3 is 4.90 Å². The summed E-state index contributed by atoms with van der Waals surface area (Å²) < 4.78 is 0. The first kappa shape index (κ1) is 7.66. The zero-order chi connectivity index (χ0) is 8.55. The Morgan fingerprint density at radius 1 is 1.42 bits per heavy atom. The van der Waals surface area contributed by atoms with Crippen molar-refractivity contribution >= 4 is 5.69 Å². The van der Waals surface area contributed by atoms with Crippen LogP contribution in [0.1, 0.15) is 18.1 Å². The minimum absolute atomic E-state index is 1.14. The number of para-hydroxylation sites is 1. The normalized spacial score (nSPS) is 15.0. The summed E-state index contributed by atoms with van der Waals surface area (Å²) in [7, 11) is 0. The number of likely N-dealkylation sites (N-methyl/N-ethyl adjacent to an activating group) is 1. The third-order valence-electron chi connectivity index (χ3n) is 2.67. The molecule has 64 valence electrons. The van der Waals surface area contributed by atoms with Crippen molar-refractivity contribution in [2.75, 3.05) is 18.0 Å². The summed E-state index contributed by atoms with van der Waals surface area (Å²) >= 11 is 0. The minimum atomic E-state index is 1.14. The molecular weight excluding hydrogens is 146 g/mol. The molecule has 1 aromatic carbocycles. The summed E-state index contributed by atoms with van der Waals surface area (Å²) in [5.74, 6) is 0. The van der Waals surface area contributed by atoms with Crippen molar-refractivity contribution in [1.29, 1.82) is 0 Å². The Hall–Kier alpha value is -0.980. The van der Waals surface area contributed by atoms with Gasteiger partial charge in [-0.15, -0.1) is 0 Å². The van der Waals surface area contributed by atoms with Gasteiger partial charge in [0.2, 0.25) is 0 Å². The van der Waals surface area contributed by atoms with Crippen molar-refractivity contribution in [3.05, 3.63) is 29.3 Å². The van der Waals surface area contributed by atoms with E-state index >= 15 is 0 Å². The molecule has 0 spiro atoms. The Morgan fingerprint density at radius 2 is 2.25 bits per heavy atom. The molecule has 0 saturated heterocycles. The Labute approximate surface area is 74.0 Å². The van der Waals surface area contributed by atoms with E-state index in [-0.39, 0.29) is 0 Å². The number of benzene rings is 1. The lowest BCUT2D eigenvalue weighted by atomic mass is 10.1. The van der Waals surface area contributed by atoms with Crippen LogP contribution < -0.4 is 4.90 Å². The summed E-state index contributed by atoms with van der Waals surface area (Å²) in [6.07, 6.45) is 1.23. The van der Waals surface area contributed by atoms with E-state index < -0.39 is 0 Å². The zero-order valence-electron chi connectivity index (χ0n) is 7.80. The van der Waals surface area contributed by atoms with Gasteiger partial charge in [0, 0.05) is 18.8 Å². The molecule has 1 heterocycles. The lowest BCUT2D eigenvalue weighted by Gasteiger charge is -2.18. The molecule has 0 saturated carbocycles. The maximum absolute atomic E-state index is 2.46. The Bertz CT molecular complexity index is 291. The molecule has 0 aliphatic carbocycles. The van der Waals surface area contributed by atoms with Gasteiger partial charge in [0.05, 0.1) is 0 Å². The van der Waals surface area contributed by atoms with Gasteiger partial charge in [-0.3, -0.25) is 0 Å². The second-order valence-corrected chi connectivity index (χ2v) is 3.41. The first-order valence-corrected chi connectivity index (χ1v) is 4.66. The molecule has 1 nitrogen and oxygen atoms in total. The van der Waals surface area contributed by atoms with E-state index in [4.69, 9.17) is 0 Å². The molecule has 1 aromatic rings. The highest BCUT2D eigenvalue weighted by molar-refractivity contribution is 5.62. The van der Waals surface area contributed by atoms with Crippen molar-refractivity contribution in [2.24, 2.45) is 0 Å². The fraction of sp³-hybridized carbons (Fsp3) is 0.455. The Kier molecular flexibility index (Phi) is 1.80. The van der Waals surface area contributed by atoms with Crippen LogP contribution in [0, 0.1) is 6.92 Å². The average Bonchev–Trinajstić information content (AvgIpc) is 2.49. The van der Waals surface area contributed by atoms with E-state index in [0.29, 0.717) is 0 Å². The van der Waals surface area contributed by atoms with Crippen molar-refractivity contribution in [1.82, 2.24) is 0 Å². The first-order chi connectivity index (χ1) is 5.83. The molecule has 0 fully saturated rings. The van der Waals surface area contributed by atoms with Gasteiger partial charge >= 0.3 is 0 Å². The zero-order valence-corrected chi connectivity index (χ0v) is 7.80. The summed E-state index contributed by atoms with van der Waals surface area (Å²) in [5, 5.41) is 0. The Morgan fingerprint density at radius 3 is 3.00 bits per heavy atom. The summed E-state index contributed by atoms with van der Waals surface area (Å²) in [4.78, 5) is 2.46. The molecular formula is C11H15N. The minimum Gasteiger partial charge on any atom is -0.371 e. The lowest BCUT2D eigenvalue weighted by Crippen LogP contribution is -2.19. The lowest BCUT2D eigenvalue weighted by molar-refractivity contribution is 0.866. The van der Waals surface area contributed by atoms with E-state index in [2.05, 4.69) is 36.9 Å². The number of aryl methyl sites for hydroxylation is 1. The topological polar surface area (TPSA) is 3.24 Å². The number of anilines is 1. The van der Waals surface area contributed by atoms with Crippen molar-refractivity contribution in [3.63, 3.8) is 0 Å². The van der Waals surface area contributed by atoms with Crippen LogP contribution in [-0.4, -0.2) is 13.1 Å². The van der Waals surface area contributed by atoms with E-state index in [1.165, 1.54) is 29.8 Å². The molecule has 0 atom stereocenters. The molecule has 0 N–H and O–H groups in total. The molecule has 1 heteroatoms. The van der Waals surface area contributed by atoms with Crippen molar-refractivity contribution in [3.8, 4) is 0 Å². The standard InChI is InChI=1S/C11H15N/c1-3-12-8-7-10-6-4-5-9(2)11(10)12/h4-6H,3,7-8H2,1-2H3. The summed E-state index contributed by atoms with van der Waals surface area (Å²) in [6, 6.07) is 6.61. The second-order valence-electron chi connectivity index (χ2n) is 3.41. The average molecular weight is 161 g/mol. The molecule has 12 heavy (non-hydrogen) atoms. The van der Waals surface area contributed by atoms with E-state index in [1.54, 1.807) is 0 Å². The van der Waals surface area contributed by atoms with Crippen LogP contribution >= 0.6 is 0 Å². The van der Waals surface area contributed by atoms with Crippen LogP contribution in [0.5, 0.6) is 0 Å². The predicted molar refractivity (Wildman–Crippen MR) is 52.8 cm³/mol. The van der Waals surface area contributed by atoms with Crippen LogP contribution in [0.2, 0.25) is 0 Å². The fourth-order valence-electron chi connectivity index (χ4n) is 2.06. The van der Waals surface area contributed by atoms with Gasteiger partial charge in [-0.25, -0.2) is 0 Å². The highest BCUT2D eigenvalue weighted by Gasteiger charge is 2.18. The highest BCUT2D eigenvalue weighted by Crippen LogP contribution is 2.30. The second kappa shape index (κ2) is 2.81. The molecule has 1 aliphatic rings. The molecule has 0 unspecified atom stereocenters. The molecule has 0 bridgehead atoms. The Balaban J connectivity index is 2.48. The number of nitrogens with zero attached hydrogens (tertiary/aromatic N) is 1. The summed E-state index contributed by atoms with van der Waals surface area (Å²) in [5.41, 5.74) is 4.43. The van der Waals surface area contributed by atoms with Crippen molar-refractivity contribution in [2.45, 2.75) is 20.3 Å². The summed E-state index contributed by atoms with van der Waals surface area (Å²) in [6.45, 7) is 6.77. The van der Waals surface area contributed by atoms with Gasteiger partial charge in [-0.2, -0.15) is 0 Å². The third-order valence-corrected chi connectivity index (χ3v) is 2.67. The van der Waals surface area contributed by atoms with Crippen LogP contribution in [0.4, 0.5) is 5.69 Å². The molecule has 0 amide bonds. The van der Waals surface area contributed by atoms with Crippen molar-refractivity contribution < 1.29 is 0 Å². The van der Waals surface area contributed by atoms with Crippen LogP contribution in [0.25, 0.3) is 0 Å². The largest absolute Gasteiger partial charge is 0.371 e. The number of hydrogen-bond acceptors (Lipinski definition) is 1. The maximum atomic E-state index is 2.46. The SMILES string of the molecule is CCN1CCc2cccc(C)c21. The van der Waals surface area contributed by atoms with Gasteiger partial charge in [-0.1, -0.05) is 18.2 Å². The monoisotopic (exact) mass is 161 g/mol. The third kappa shape index (κ3) is 1.01. The van der Waals surface area contributed by atoms with Crippen LogP contribution in [0.3, 0.4) is 0 Å². The van der Waals surface area contributed by atoms with Gasteiger partial charge in [0.25, 0.3) is 0 Å². The first-order valence-electron chi connectivity index (χ1n) is 4.66. The van der Waals surface area contributed by atoms with Crippen LogP contribution in [0.15, 0.2) is 18.2 Å². The number of hydrogen-bond donors (Lipinski definition) is 0. The molecule has 1 aliphatic heterocycles. The predicted octanol–water partition coefficient (Wildman–Crippen LogP) is 2.38. The van der Waals surface area contributed by atoms with E-state index in [9.17, 15) is 0 Å². The molecule has 2 rings (SSSR count). The van der Waals surface area contributed by atoms with Gasteiger partial charge in [0.1, 0.15) is 0 Å². The fourth-order valence-corrected chi connectivity index (χ4v) is 2.06. The van der Waals surface area contributed by atoms with E-state index in [1.807, 2.05) is 0 Å². The van der Waals surface area contributed by atoms with Gasteiger partial charge in [0.15, 0.2) is 0 Å². The number of fused-ring (bicyclic) bond motifs is 1. The highest BCUT2D eigenvalue weighted by atomic mass is 15.1. The van der Waals surface area contributed by atoms with E-state index in [0.717, 1.165) is 6.54 Å². The molecule has 0 radical (unpaired) electrons. The maximum Gasteiger partial charge on any atom is 0.0429 e. The molecule has 0 aromatic heterocycles. The smallest absolute Gasteiger partial charge is 0.0429 e. The van der Waals surface area contributed by atoms with Gasteiger partial charge in [-0.05, 0) is 31.4 Å². The quantitative estimate of drug-likeness (QED) is 0.611. The number of rotatable bonds is 1. The van der Waals surface area contributed by atoms with Crippen LogP contribution in [-0.2, 0) is 6.42 Å².